The number of rotatable bonds is 5. The van der Waals surface area contributed by atoms with Gasteiger partial charge in [0.2, 0.25) is 5.91 Å². The molecule has 0 saturated carbocycles. The number of nitrogens with one attached hydrogen (secondary N) is 2. The van der Waals surface area contributed by atoms with Crippen LogP contribution in [0.25, 0.3) is 17.0 Å². The lowest BCUT2D eigenvalue weighted by atomic mass is 10.1. The van der Waals surface area contributed by atoms with E-state index in [2.05, 4.69) is 10.6 Å². The van der Waals surface area contributed by atoms with Crippen LogP contribution in [0.4, 0.5) is 15.8 Å². The van der Waals surface area contributed by atoms with Crippen LogP contribution in [-0.2, 0) is 20.9 Å². The molecule has 0 bridgehead atoms. The Hall–Kier alpha value is -4.34. The number of benzene rings is 3. The molecule has 0 spiro atoms. The molecule has 1 fully saturated rings. The van der Waals surface area contributed by atoms with Gasteiger partial charge >= 0.3 is 0 Å². The van der Waals surface area contributed by atoms with E-state index in [0.717, 1.165) is 10.9 Å². The lowest BCUT2D eigenvalue weighted by Gasteiger charge is -2.30. The molecule has 38 heavy (non-hydrogen) atoms. The van der Waals surface area contributed by atoms with E-state index in [1.54, 1.807) is 35.9 Å². The Morgan fingerprint density at radius 2 is 1.82 bits per heavy atom. The highest BCUT2D eigenvalue weighted by molar-refractivity contribution is 7.80. The van der Waals surface area contributed by atoms with E-state index in [0.29, 0.717) is 27.5 Å². The average Bonchev–Trinajstić information content (AvgIpc) is 3.22. The number of halogens is 2. The molecule has 190 valence electrons. The van der Waals surface area contributed by atoms with Crippen LogP contribution in [0.3, 0.4) is 0 Å². The van der Waals surface area contributed by atoms with E-state index in [1.165, 1.54) is 35.2 Å². The maximum atomic E-state index is 13.5. The van der Waals surface area contributed by atoms with Gasteiger partial charge in [-0.05, 0) is 73.2 Å². The van der Waals surface area contributed by atoms with Gasteiger partial charge in [0.1, 0.15) is 17.9 Å². The molecule has 1 aliphatic heterocycles. The van der Waals surface area contributed by atoms with Crippen molar-refractivity contribution in [3.8, 4) is 0 Å². The maximum absolute atomic E-state index is 13.5. The summed E-state index contributed by atoms with van der Waals surface area (Å²) >= 11 is 11.6. The number of carbonyl (C=O) groups excluding carboxylic acids is 3. The first kappa shape index (κ1) is 25.3. The number of aromatic nitrogens is 1. The number of anilines is 2. The van der Waals surface area contributed by atoms with Crippen molar-refractivity contribution < 1.29 is 18.8 Å². The molecule has 1 aromatic heterocycles. The molecule has 5 rings (SSSR count). The Morgan fingerprint density at radius 1 is 1.08 bits per heavy atom. The van der Waals surface area contributed by atoms with Crippen molar-refractivity contribution in [1.29, 1.82) is 0 Å². The second kappa shape index (κ2) is 10.2. The average molecular weight is 547 g/mol. The number of nitrogens with zero attached hydrogens (tertiary/aromatic N) is 2. The van der Waals surface area contributed by atoms with Gasteiger partial charge < -0.3 is 9.88 Å². The Bertz CT molecular complexity index is 1660. The number of fused-ring (bicyclic) bond motifs is 1. The molecule has 10 heteroatoms. The summed E-state index contributed by atoms with van der Waals surface area (Å²) in [5.41, 5.74) is 2.77. The first-order chi connectivity index (χ1) is 18.2. The van der Waals surface area contributed by atoms with Crippen molar-refractivity contribution in [2.75, 3.05) is 10.2 Å². The number of hydrogen-bond donors (Lipinski definition) is 2. The van der Waals surface area contributed by atoms with Crippen LogP contribution < -0.4 is 15.5 Å². The number of thiocarbonyl (C=S) groups is 1. The summed E-state index contributed by atoms with van der Waals surface area (Å²) in [7, 11) is 0. The van der Waals surface area contributed by atoms with Crippen LogP contribution in [-0.4, -0.2) is 27.4 Å². The number of amides is 3. The van der Waals surface area contributed by atoms with Gasteiger partial charge in [-0.25, -0.2) is 4.39 Å². The van der Waals surface area contributed by atoms with Gasteiger partial charge in [0, 0.05) is 33.4 Å². The molecule has 4 aromatic rings. The monoisotopic (exact) mass is 546 g/mol. The van der Waals surface area contributed by atoms with Gasteiger partial charge in [0.25, 0.3) is 11.8 Å². The Balaban J connectivity index is 1.49. The summed E-state index contributed by atoms with van der Waals surface area (Å²) in [5, 5.41) is 6.48. The van der Waals surface area contributed by atoms with E-state index in [1.807, 2.05) is 24.3 Å². The van der Waals surface area contributed by atoms with Crippen molar-refractivity contribution in [2.45, 2.75) is 13.5 Å². The van der Waals surface area contributed by atoms with Gasteiger partial charge in [0.15, 0.2) is 5.11 Å². The highest BCUT2D eigenvalue weighted by atomic mass is 35.5. The van der Waals surface area contributed by atoms with E-state index >= 15 is 0 Å². The molecule has 0 unspecified atom stereocenters. The van der Waals surface area contributed by atoms with E-state index in [-0.39, 0.29) is 23.1 Å². The molecule has 0 aliphatic carbocycles. The molecule has 0 atom stereocenters. The first-order valence-corrected chi connectivity index (χ1v) is 12.3. The lowest BCUT2D eigenvalue weighted by Crippen LogP contribution is -2.54. The highest BCUT2D eigenvalue weighted by Gasteiger charge is 2.35. The third-order valence-electron chi connectivity index (χ3n) is 6.14. The molecule has 3 amide bonds. The van der Waals surface area contributed by atoms with Crippen LogP contribution >= 0.6 is 23.8 Å². The van der Waals surface area contributed by atoms with Crippen LogP contribution in [0.15, 0.2) is 78.5 Å². The van der Waals surface area contributed by atoms with Gasteiger partial charge in [-0.1, -0.05) is 35.9 Å². The summed E-state index contributed by atoms with van der Waals surface area (Å²) in [6.45, 7) is 1.72. The summed E-state index contributed by atoms with van der Waals surface area (Å²) in [6.07, 6.45) is 3.19. The molecular formula is C28H20ClFN4O3S. The largest absolute Gasteiger partial charge is 0.337 e. The predicted molar refractivity (Wildman–Crippen MR) is 149 cm³/mol. The summed E-state index contributed by atoms with van der Waals surface area (Å²) in [5.74, 6) is -1.93. The van der Waals surface area contributed by atoms with Gasteiger partial charge in [-0.2, -0.15) is 0 Å². The van der Waals surface area contributed by atoms with E-state index in [4.69, 9.17) is 23.8 Å². The smallest absolute Gasteiger partial charge is 0.270 e. The molecule has 1 aliphatic rings. The maximum Gasteiger partial charge on any atom is 0.270 e. The third-order valence-corrected chi connectivity index (χ3v) is 6.84. The standard InChI is InChI=1S/C28H20ClFN4O3S/c1-16-22(29)6-4-8-23(16)34-27(37)21(26(36)32-28(34)38)13-17-14-33(24-7-3-2-5-20(17)24)15-25(35)31-19-11-9-18(30)10-12-19/h2-14H,15H2,1H3,(H,31,35)(H,32,36,38)/b21-13+. The van der Waals surface area contributed by atoms with Crippen LogP contribution in [0, 0.1) is 12.7 Å². The van der Waals surface area contributed by atoms with Crippen LogP contribution in [0.1, 0.15) is 11.1 Å². The van der Waals surface area contributed by atoms with Crippen molar-refractivity contribution in [2.24, 2.45) is 0 Å². The second-order valence-corrected chi connectivity index (χ2v) is 9.42. The predicted octanol–water partition coefficient (Wildman–Crippen LogP) is 5.21. The topological polar surface area (TPSA) is 83.4 Å². The fraction of sp³-hybridized carbons (Fsp3) is 0.0714. The second-order valence-electron chi connectivity index (χ2n) is 8.63. The number of hydrogen-bond acceptors (Lipinski definition) is 4. The van der Waals surface area contributed by atoms with Crippen molar-refractivity contribution in [3.05, 3.63) is 100 Å². The first-order valence-electron chi connectivity index (χ1n) is 11.5. The minimum absolute atomic E-state index is 0.0394. The number of carbonyl (C=O) groups is 3. The van der Waals surface area contributed by atoms with Gasteiger partial charge in [0.05, 0.1) is 5.69 Å². The summed E-state index contributed by atoms with van der Waals surface area (Å²) in [4.78, 5) is 40.4. The molecule has 2 heterocycles. The highest BCUT2D eigenvalue weighted by Crippen LogP contribution is 2.31. The SMILES string of the molecule is Cc1c(Cl)cccc1N1C(=O)/C(=C/c2cn(CC(=O)Nc3ccc(F)cc3)c3ccccc23)C(=O)NC1=S. The molecule has 1 saturated heterocycles. The zero-order valence-corrected chi connectivity index (χ0v) is 21.6. The van der Waals surface area contributed by atoms with Crippen LogP contribution in [0.5, 0.6) is 0 Å². The normalized spacial score (nSPS) is 14.8. The molecule has 0 radical (unpaired) electrons. The van der Waals surface area contributed by atoms with Crippen molar-refractivity contribution >= 4 is 75.0 Å². The van der Waals surface area contributed by atoms with Crippen molar-refractivity contribution in [1.82, 2.24) is 9.88 Å². The molecule has 3 aromatic carbocycles. The van der Waals surface area contributed by atoms with Gasteiger partial charge in [-0.15, -0.1) is 0 Å². The zero-order valence-electron chi connectivity index (χ0n) is 20.0. The minimum Gasteiger partial charge on any atom is -0.337 e. The van der Waals surface area contributed by atoms with E-state index < -0.39 is 17.6 Å². The molecular weight excluding hydrogens is 527 g/mol. The third kappa shape index (κ3) is 4.81. The van der Waals surface area contributed by atoms with Gasteiger partial charge in [-0.3, -0.25) is 24.6 Å². The quantitative estimate of drug-likeness (QED) is 0.204. The fourth-order valence-electron chi connectivity index (χ4n) is 4.28. The lowest BCUT2D eigenvalue weighted by molar-refractivity contribution is -0.122. The molecule has 7 nitrogen and oxygen atoms in total. The Morgan fingerprint density at radius 3 is 2.58 bits per heavy atom. The Labute approximate surface area is 227 Å². The van der Waals surface area contributed by atoms with E-state index in [9.17, 15) is 18.8 Å². The van der Waals surface area contributed by atoms with Crippen LogP contribution in [0.2, 0.25) is 5.02 Å². The Kier molecular flexibility index (Phi) is 6.79. The number of para-hydroxylation sites is 1. The zero-order chi connectivity index (χ0) is 27.0. The van der Waals surface area contributed by atoms with Crippen molar-refractivity contribution in [3.63, 3.8) is 0 Å². The summed E-state index contributed by atoms with van der Waals surface area (Å²) < 4.78 is 14.9. The fourth-order valence-corrected chi connectivity index (χ4v) is 4.72. The molecule has 2 N–H and O–H groups in total. The minimum atomic E-state index is -0.623. The summed E-state index contributed by atoms with van der Waals surface area (Å²) in [6, 6.07) is 17.9.